The summed E-state index contributed by atoms with van der Waals surface area (Å²) < 4.78 is 0.900. The molecule has 0 radical (unpaired) electrons. The van der Waals surface area contributed by atoms with Crippen molar-refractivity contribution >= 4 is 32.4 Å². The zero-order valence-corrected chi connectivity index (χ0v) is 12.4. The number of halogens is 1. The fraction of sp³-hybridized carbons (Fsp3) is 0.636. The number of nitrogens with zero attached hydrogens (tertiary/aromatic N) is 4. The first-order valence-electron chi connectivity index (χ1n) is 5.55. The Morgan fingerprint density at radius 1 is 1.41 bits per heavy atom. The van der Waals surface area contributed by atoms with Crippen molar-refractivity contribution in [3.05, 3.63) is 9.98 Å². The molecule has 17 heavy (non-hydrogen) atoms. The fourth-order valence-electron chi connectivity index (χ4n) is 1.92. The van der Waals surface area contributed by atoms with Gasteiger partial charge in [-0.1, -0.05) is 0 Å². The first-order chi connectivity index (χ1) is 8.03. The first kappa shape index (κ1) is 12.8. The molecule has 92 valence electrons. The lowest BCUT2D eigenvalue weighted by Crippen LogP contribution is -2.54. The van der Waals surface area contributed by atoms with Crippen molar-refractivity contribution in [1.29, 1.82) is 5.26 Å². The van der Waals surface area contributed by atoms with E-state index in [-0.39, 0.29) is 5.54 Å². The standard InChI is InChI=1S/C11H15BrN4S/c1-11(2,8-13)16-5-3-15(4-6-16)10-14-9(12)7-17-10/h7H,3-6H2,1-2H3. The van der Waals surface area contributed by atoms with Gasteiger partial charge in [-0.2, -0.15) is 5.26 Å². The van der Waals surface area contributed by atoms with Crippen molar-refractivity contribution in [1.82, 2.24) is 9.88 Å². The molecule has 0 atom stereocenters. The van der Waals surface area contributed by atoms with E-state index >= 15 is 0 Å². The third kappa shape index (κ3) is 2.79. The van der Waals surface area contributed by atoms with Gasteiger partial charge < -0.3 is 4.90 Å². The summed E-state index contributed by atoms with van der Waals surface area (Å²) in [4.78, 5) is 8.92. The van der Waals surface area contributed by atoms with Gasteiger partial charge in [-0.3, -0.25) is 4.90 Å². The number of hydrogen-bond donors (Lipinski definition) is 0. The van der Waals surface area contributed by atoms with Gasteiger partial charge in [0.1, 0.15) is 10.1 Å². The summed E-state index contributed by atoms with van der Waals surface area (Å²) in [5, 5.41) is 12.2. The average Bonchev–Trinajstić information content (AvgIpc) is 2.76. The molecule has 2 rings (SSSR count). The van der Waals surface area contributed by atoms with Gasteiger partial charge in [-0.05, 0) is 29.8 Å². The summed E-state index contributed by atoms with van der Waals surface area (Å²) in [5.41, 5.74) is -0.366. The molecular weight excluding hydrogens is 300 g/mol. The number of rotatable bonds is 2. The maximum Gasteiger partial charge on any atom is 0.186 e. The lowest BCUT2D eigenvalue weighted by Gasteiger charge is -2.40. The first-order valence-corrected chi connectivity index (χ1v) is 7.22. The van der Waals surface area contributed by atoms with Gasteiger partial charge >= 0.3 is 0 Å². The van der Waals surface area contributed by atoms with Crippen molar-refractivity contribution in [2.24, 2.45) is 0 Å². The molecule has 0 saturated carbocycles. The van der Waals surface area contributed by atoms with Crippen LogP contribution in [0.5, 0.6) is 0 Å². The maximum absolute atomic E-state index is 9.11. The number of aromatic nitrogens is 1. The van der Waals surface area contributed by atoms with Crippen LogP contribution in [-0.4, -0.2) is 41.6 Å². The molecule has 0 aliphatic carbocycles. The van der Waals surface area contributed by atoms with E-state index in [1.807, 2.05) is 19.2 Å². The van der Waals surface area contributed by atoms with E-state index in [2.05, 4.69) is 36.8 Å². The van der Waals surface area contributed by atoms with Gasteiger partial charge in [0.2, 0.25) is 0 Å². The van der Waals surface area contributed by atoms with Crippen molar-refractivity contribution in [2.45, 2.75) is 19.4 Å². The van der Waals surface area contributed by atoms with Crippen LogP contribution < -0.4 is 4.90 Å². The second-order valence-corrected chi connectivity index (χ2v) is 6.25. The highest BCUT2D eigenvalue weighted by molar-refractivity contribution is 9.10. The molecule has 0 aromatic carbocycles. The van der Waals surface area contributed by atoms with E-state index in [9.17, 15) is 0 Å². The van der Waals surface area contributed by atoms with Crippen LogP contribution >= 0.6 is 27.3 Å². The summed E-state index contributed by atoms with van der Waals surface area (Å²) in [5.74, 6) is 0. The molecule has 2 heterocycles. The summed E-state index contributed by atoms with van der Waals surface area (Å²) in [6.45, 7) is 7.65. The normalized spacial score (nSPS) is 18.1. The summed E-state index contributed by atoms with van der Waals surface area (Å²) in [6.07, 6.45) is 0. The van der Waals surface area contributed by atoms with Crippen LogP contribution in [0.4, 0.5) is 5.13 Å². The molecule has 4 nitrogen and oxygen atoms in total. The van der Waals surface area contributed by atoms with Crippen molar-refractivity contribution in [3.8, 4) is 6.07 Å². The highest BCUT2D eigenvalue weighted by Crippen LogP contribution is 2.25. The van der Waals surface area contributed by atoms with Crippen LogP contribution in [-0.2, 0) is 0 Å². The molecule has 1 aromatic rings. The minimum Gasteiger partial charge on any atom is -0.345 e. The zero-order valence-electron chi connectivity index (χ0n) is 9.98. The molecule has 1 aliphatic rings. The topological polar surface area (TPSA) is 43.2 Å². The second kappa shape index (κ2) is 4.92. The lowest BCUT2D eigenvalue weighted by atomic mass is 10.0. The molecule has 6 heteroatoms. The van der Waals surface area contributed by atoms with E-state index in [4.69, 9.17) is 5.26 Å². The Kier molecular flexibility index (Phi) is 3.71. The summed E-state index contributed by atoms with van der Waals surface area (Å²) in [6, 6.07) is 2.36. The monoisotopic (exact) mass is 314 g/mol. The maximum atomic E-state index is 9.11. The molecule has 1 fully saturated rings. The molecular formula is C11H15BrN4S. The Morgan fingerprint density at radius 3 is 2.53 bits per heavy atom. The van der Waals surface area contributed by atoms with E-state index < -0.39 is 0 Å². The van der Waals surface area contributed by atoms with Crippen molar-refractivity contribution in [3.63, 3.8) is 0 Å². The van der Waals surface area contributed by atoms with E-state index in [1.54, 1.807) is 11.3 Å². The highest BCUT2D eigenvalue weighted by Gasteiger charge is 2.30. The van der Waals surface area contributed by atoms with Gasteiger partial charge in [-0.15, -0.1) is 11.3 Å². The summed E-state index contributed by atoms with van der Waals surface area (Å²) >= 11 is 5.03. The molecule has 0 N–H and O–H groups in total. The number of anilines is 1. The number of thiazole rings is 1. The Balaban J connectivity index is 1.97. The quantitative estimate of drug-likeness (QED) is 0.840. The van der Waals surface area contributed by atoms with Crippen LogP contribution in [0.25, 0.3) is 0 Å². The Bertz CT molecular complexity index is 429. The van der Waals surface area contributed by atoms with E-state index in [0.717, 1.165) is 35.9 Å². The summed E-state index contributed by atoms with van der Waals surface area (Å²) in [7, 11) is 0. The van der Waals surface area contributed by atoms with Crippen LogP contribution in [0, 0.1) is 11.3 Å². The van der Waals surface area contributed by atoms with E-state index in [0.29, 0.717) is 0 Å². The van der Waals surface area contributed by atoms with Crippen LogP contribution in [0.2, 0.25) is 0 Å². The Morgan fingerprint density at radius 2 is 2.06 bits per heavy atom. The van der Waals surface area contributed by atoms with Gasteiger partial charge in [0, 0.05) is 31.6 Å². The third-order valence-corrected chi connectivity index (χ3v) is 4.69. The highest BCUT2D eigenvalue weighted by atomic mass is 79.9. The molecule has 1 saturated heterocycles. The molecule has 1 aliphatic heterocycles. The van der Waals surface area contributed by atoms with Crippen LogP contribution in [0.3, 0.4) is 0 Å². The van der Waals surface area contributed by atoms with Crippen molar-refractivity contribution < 1.29 is 0 Å². The minimum atomic E-state index is -0.366. The number of nitriles is 1. The lowest BCUT2D eigenvalue weighted by molar-refractivity contribution is 0.158. The van der Waals surface area contributed by atoms with E-state index in [1.165, 1.54) is 0 Å². The Hall–Kier alpha value is -0.640. The van der Waals surface area contributed by atoms with Gasteiger partial charge in [0.05, 0.1) is 6.07 Å². The zero-order chi connectivity index (χ0) is 12.5. The molecule has 0 unspecified atom stereocenters. The SMILES string of the molecule is CC(C)(C#N)N1CCN(c2nc(Br)cs2)CC1. The minimum absolute atomic E-state index is 0.366. The van der Waals surface area contributed by atoms with Crippen molar-refractivity contribution in [2.75, 3.05) is 31.1 Å². The smallest absolute Gasteiger partial charge is 0.186 e. The molecule has 0 amide bonds. The Labute approximate surface area is 114 Å². The second-order valence-electron chi connectivity index (χ2n) is 4.60. The fourth-order valence-corrected chi connectivity index (χ4v) is 3.22. The number of hydrogen-bond acceptors (Lipinski definition) is 5. The van der Waals surface area contributed by atoms with Crippen LogP contribution in [0.1, 0.15) is 13.8 Å². The van der Waals surface area contributed by atoms with Gasteiger partial charge in [-0.25, -0.2) is 4.98 Å². The van der Waals surface area contributed by atoms with Crippen LogP contribution in [0.15, 0.2) is 9.98 Å². The van der Waals surface area contributed by atoms with Gasteiger partial charge in [0.25, 0.3) is 0 Å². The predicted molar refractivity (Wildman–Crippen MR) is 73.3 cm³/mol. The molecule has 0 bridgehead atoms. The predicted octanol–water partition coefficient (Wildman–Crippen LogP) is 2.33. The van der Waals surface area contributed by atoms with Gasteiger partial charge in [0.15, 0.2) is 5.13 Å². The average molecular weight is 315 g/mol. The third-order valence-electron chi connectivity index (χ3n) is 3.08. The number of piperazine rings is 1. The molecule has 1 aromatic heterocycles. The largest absolute Gasteiger partial charge is 0.345 e. The molecule has 0 spiro atoms.